The maximum absolute atomic E-state index is 12.8. The van der Waals surface area contributed by atoms with E-state index in [4.69, 9.17) is 4.84 Å². The van der Waals surface area contributed by atoms with Gasteiger partial charge >= 0.3 is 0 Å². The molecule has 1 fully saturated rings. The quantitative estimate of drug-likeness (QED) is 0.857. The van der Waals surface area contributed by atoms with Crippen LogP contribution >= 0.6 is 0 Å². The second-order valence-electron chi connectivity index (χ2n) is 6.41. The molecular weight excluding hydrogens is 304 g/mol. The van der Waals surface area contributed by atoms with Crippen molar-refractivity contribution in [2.75, 3.05) is 26.2 Å². The highest BCUT2D eigenvalue weighted by Gasteiger charge is 2.34. The van der Waals surface area contributed by atoms with Gasteiger partial charge in [-0.1, -0.05) is 30.3 Å². The van der Waals surface area contributed by atoms with E-state index in [1.54, 1.807) is 6.33 Å². The summed E-state index contributed by atoms with van der Waals surface area (Å²) in [7, 11) is 0. The lowest BCUT2D eigenvalue weighted by molar-refractivity contribution is -0.173. The second-order valence-corrected chi connectivity index (χ2v) is 6.41. The van der Waals surface area contributed by atoms with Crippen LogP contribution in [0.5, 0.6) is 0 Å². The molecule has 0 aliphatic carbocycles. The van der Waals surface area contributed by atoms with Gasteiger partial charge in [-0.2, -0.15) is 0 Å². The van der Waals surface area contributed by atoms with Crippen molar-refractivity contribution in [1.29, 1.82) is 0 Å². The molecule has 0 saturated carbocycles. The standard InChI is InChI=1S/C18H22N4O2/c23-18(22-8-4-10-24-22)17-13-20(12-16-11-19-14-21(16)17)9-7-15-5-2-1-3-6-15/h1-3,5-6,11,14,17H,4,7-10,12-13H2. The van der Waals surface area contributed by atoms with Crippen molar-refractivity contribution in [3.63, 3.8) is 0 Å². The van der Waals surface area contributed by atoms with Gasteiger partial charge in [0.2, 0.25) is 0 Å². The lowest BCUT2D eigenvalue weighted by Crippen LogP contribution is -2.45. The Bertz CT molecular complexity index is 694. The molecule has 2 aliphatic rings. The Morgan fingerprint density at radius 3 is 2.96 bits per heavy atom. The first kappa shape index (κ1) is 15.4. The molecule has 0 radical (unpaired) electrons. The Balaban J connectivity index is 1.47. The smallest absolute Gasteiger partial charge is 0.270 e. The van der Waals surface area contributed by atoms with Gasteiger partial charge in [0, 0.05) is 25.8 Å². The molecule has 1 saturated heterocycles. The van der Waals surface area contributed by atoms with E-state index in [9.17, 15) is 4.79 Å². The zero-order chi connectivity index (χ0) is 16.4. The molecule has 0 spiro atoms. The summed E-state index contributed by atoms with van der Waals surface area (Å²) in [5.74, 6) is 0.0381. The van der Waals surface area contributed by atoms with Crippen molar-refractivity contribution in [3.05, 3.63) is 54.1 Å². The number of hydrogen-bond acceptors (Lipinski definition) is 4. The summed E-state index contributed by atoms with van der Waals surface area (Å²) in [4.78, 5) is 24.8. The van der Waals surface area contributed by atoms with Crippen LogP contribution in [0.2, 0.25) is 0 Å². The van der Waals surface area contributed by atoms with Gasteiger partial charge in [-0.15, -0.1) is 0 Å². The Labute approximate surface area is 141 Å². The van der Waals surface area contributed by atoms with E-state index >= 15 is 0 Å². The predicted molar refractivity (Wildman–Crippen MR) is 89.0 cm³/mol. The van der Waals surface area contributed by atoms with Crippen molar-refractivity contribution in [2.24, 2.45) is 0 Å². The third kappa shape index (κ3) is 3.07. The summed E-state index contributed by atoms with van der Waals surface area (Å²) < 4.78 is 2.00. The molecule has 0 N–H and O–H groups in total. The highest BCUT2D eigenvalue weighted by Crippen LogP contribution is 2.24. The van der Waals surface area contributed by atoms with Crippen LogP contribution in [0.4, 0.5) is 0 Å². The molecule has 2 aliphatic heterocycles. The summed E-state index contributed by atoms with van der Waals surface area (Å²) >= 11 is 0. The van der Waals surface area contributed by atoms with E-state index in [0.717, 1.165) is 31.6 Å². The van der Waals surface area contributed by atoms with E-state index < -0.39 is 0 Å². The summed E-state index contributed by atoms with van der Waals surface area (Å²) in [6.07, 6.45) is 5.52. The first-order chi connectivity index (χ1) is 11.8. The van der Waals surface area contributed by atoms with E-state index in [2.05, 4.69) is 34.1 Å². The van der Waals surface area contributed by atoms with Crippen LogP contribution in [0.15, 0.2) is 42.9 Å². The zero-order valence-electron chi connectivity index (χ0n) is 13.7. The number of fused-ring (bicyclic) bond motifs is 1. The monoisotopic (exact) mass is 326 g/mol. The van der Waals surface area contributed by atoms with Crippen molar-refractivity contribution < 1.29 is 9.63 Å². The van der Waals surface area contributed by atoms with E-state index in [1.165, 1.54) is 10.6 Å². The maximum Gasteiger partial charge on any atom is 0.270 e. The Kier molecular flexibility index (Phi) is 4.32. The minimum absolute atomic E-state index is 0.0381. The molecular formula is C18H22N4O2. The van der Waals surface area contributed by atoms with Crippen LogP contribution in [-0.4, -0.2) is 51.7 Å². The van der Waals surface area contributed by atoms with Crippen molar-refractivity contribution in [1.82, 2.24) is 19.5 Å². The fourth-order valence-corrected chi connectivity index (χ4v) is 3.45. The third-order valence-corrected chi connectivity index (χ3v) is 4.74. The molecule has 126 valence electrons. The number of benzene rings is 1. The maximum atomic E-state index is 12.8. The van der Waals surface area contributed by atoms with Crippen LogP contribution in [0.25, 0.3) is 0 Å². The molecule has 6 heteroatoms. The summed E-state index contributed by atoms with van der Waals surface area (Å²) in [6, 6.07) is 10.2. The number of imidazole rings is 1. The number of carbonyl (C=O) groups is 1. The lowest BCUT2D eigenvalue weighted by Gasteiger charge is -2.35. The largest absolute Gasteiger partial charge is 0.319 e. The normalized spacial score (nSPS) is 21.0. The highest BCUT2D eigenvalue weighted by molar-refractivity contribution is 5.80. The Morgan fingerprint density at radius 2 is 2.17 bits per heavy atom. The minimum Gasteiger partial charge on any atom is -0.319 e. The number of hydrogen-bond donors (Lipinski definition) is 0. The molecule has 3 heterocycles. The average molecular weight is 326 g/mol. The topological polar surface area (TPSA) is 50.6 Å². The number of amides is 1. The van der Waals surface area contributed by atoms with Gasteiger partial charge in [-0.3, -0.25) is 14.5 Å². The molecule has 1 unspecified atom stereocenters. The van der Waals surface area contributed by atoms with Crippen molar-refractivity contribution in [3.8, 4) is 0 Å². The van der Waals surface area contributed by atoms with Crippen molar-refractivity contribution in [2.45, 2.75) is 25.4 Å². The van der Waals surface area contributed by atoms with E-state index in [-0.39, 0.29) is 11.9 Å². The van der Waals surface area contributed by atoms with Gasteiger partial charge in [-0.05, 0) is 18.4 Å². The van der Waals surface area contributed by atoms with Crippen LogP contribution < -0.4 is 0 Å². The fraction of sp³-hybridized carbons (Fsp3) is 0.444. The Hall–Kier alpha value is -2.18. The Morgan fingerprint density at radius 1 is 1.29 bits per heavy atom. The number of hydroxylamine groups is 2. The molecule has 0 bridgehead atoms. The molecule has 4 rings (SSSR count). The molecule has 1 aromatic carbocycles. The number of nitrogens with zero attached hydrogens (tertiary/aromatic N) is 4. The van der Waals surface area contributed by atoms with E-state index in [1.807, 2.05) is 16.8 Å². The average Bonchev–Trinajstić information content (AvgIpc) is 3.31. The molecule has 1 aromatic heterocycles. The molecule has 24 heavy (non-hydrogen) atoms. The lowest BCUT2D eigenvalue weighted by atomic mass is 10.1. The van der Waals surface area contributed by atoms with Gasteiger partial charge in [-0.25, -0.2) is 10.0 Å². The van der Waals surface area contributed by atoms with Crippen molar-refractivity contribution >= 4 is 5.91 Å². The number of rotatable bonds is 4. The molecule has 6 nitrogen and oxygen atoms in total. The second kappa shape index (κ2) is 6.75. The van der Waals surface area contributed by atoms with Gasteiger partial charge < -0.3 is 4.57 Å². The molecule has 2 aromatic rings. The zero-order valence-corrected chi connectivity index (χ0v) is 13.7. The van der Waals surface area contributed by atoms with Gasteiger partial charge in [0.1, 0.15) is 6.04 Å². The fourth-order valence-electron chi connectivity index (χ4n) is 3.45. The third-order valence-electron chi connectivity index (χ3n) is 4.74. The van der Waals surface area contributed by atoms with Crippen LogP contribution in [0.3, 0.4) is 0 Å². The van der Waals surface area contributed by atoms with Gasteiger partial charge in [0.25, 0.3) is 5.91 Å². The predicted octanol–water partition coefficient (Wildman–Crippen LogP) is 1.65. The highest BCUT2D eigenvalue weighted by atomic mass is 16.7. The number of aromatic nitrogens is 2. The first-order valence-electron chi connectivity index (χ1n) is 8.52. The van der Waals surface area contributed by atoms with E-state index in [0.29, 0.717) is 19.7 Å². The summed E-state index contributed by atoms with van der Waals surface area (Å²) in [5, 5.41) is 1.52. The minimum atomic E-state index is -0.245. The van der Waals surface area contributed by atoms with Gasteiger partial charge in [0.15, 0.2) is 0 Å². The summed E-state index contributed by atoms with van der Waals surface area (Å²) in [6.45, 7) is 3.78. The number of carbonyl (C=O) groups excluding carboxylic acids is 1. The first-order valence-corrected chi connectivity index (χ1v) is 8.52. The summed E-state index contributed by atoms with van der Waals surface area (Å²) in [5.41, 5.74) is 2.41. The molecule has 1 atom stereocenters. The SMILES string of the molecule is O=C(C1CN(CCc2ccccc2)Cc2cncn21)N1CCCO1. The van der Waals surface area contributed by atoms with Crippen LogP contribution in [-0.2, 0) is 22.6 Å². The van der Waals surface area contributed by atoms with Gasteiger partial charge in [0.05, 0.1) is 25.2 Å². The van der Waals surface area contributed by atoms with Crippen LogP contribution in [0.1, 0.15) is 23.7 Å². The van der Waals surface area contributed by atoms with Crippen LogP contribution in [0, 0.1) is 0 Å². The molecule has 1 amide bonds.